The smallest absolute Gasteiger partial charge is 0.224 e. The second-order valence-electron chi connectivity index (χ2n) is 8.52. The molecule has 1 N–H and O–H groups in total. The number of benzene rings is 1. The fraction of sp³-hybridized carbons (Fsp3) is 0.583. The van der Waals surface area contributed by atoms with Gasteiger partial charge in [0.15, 0.2) is 0 Å². The Hall–Kier alpha value is -2.74. The zero-order valence-electron chi connectivity index (χ0n) is 19.5. The zero-order chi connectivity index (χ0) is 22.3. The first-order valence-electron chi connectivity index (χ1n) is 11.6. The standard InChI is InChI=1S/C24H35N5O3/c1-30-19-14-21(31-2)20(22(15-19)32-3)17-28-13-9-18(16-28)26-24-25-10-8-23(27-24)29-11-6-4-5-7-12-29/h8,10,14-15,18H,4-7,9,11-13,16-17H2,1-3H3,(H,25,26,27). The van der Waals surface area contributed by atoms with Gasteiger partial charge in [-0.25, -0.2) is 4.98 Å². The SMILES string of the molecule is COc1cc(OC)c(CN2CCC(Nc3nccc(N4CCCCCC4)n3)C2)c(OC)c1. The Kier molecular flexibility index (Phi) is 7.52. The molecule has 0 radical (unpaired) electrons. The maximum absolute atomic E-state index is 5.62. The van der Waals surface area contributed by atoms with E-state index in [0.717, 1.165) is 73.7 Å². The lowest BCUT2D eigenvalue weighted by atomic mass is 10.1. The highest BCUT2D eigenvalue weighted by Gasteiger charge is 2.26. The van der Waals surface area contributed by atoms with E-state index >= 15 is 0 Å². The molecule has 4 rings (SSSR count). The molecule has 8 nitrogen and oxygen atoms in total. The fourth-order valence-corrected chi connectivity index (χ4v) is 4.63. The Labute approximate surface area is 190 Å². The summed E-state index contributed by atoms with van der Waals surface area (Å²) in [5.41, 5.74) is 1.04. The molecule has 0 aliphatic carbocycles. The molecule has 2 saturated heterocycles. The lowest BCUT2D eigenvalue weighted by Gasteiger charge is -2.22. The number of aromatic nitrogens is 2. The van der Waals surface area contributed by atoms with Crippen LogP contribution in [-0.4, -0.2) is 68.4 Å². The van der Waals surface area contributed by atoms with Crippen LogP contribution >= 0.6 is 0 Å². The van der Waals surface area contributed by atoms with Gasteiger partial charge in [0.1, 0.15) is 23.1 Å². The third-order valence-electron chi connectivity index (χ3n) is 6.38. The molecule has 1 aromatic carbocycles. The minimum absolute atomic E-state index is 0.310. The molecule has 8 heteroatoms. The van der Waals surface area contributed by atoms with E-state index in [4.69, 9.17) is 19.2 Å². The van der Waals surface area contributed by atoms with Crippen molar-refractivity contribution in [1.29, 1.82) is 0 Å². The summed E-state index contributed by atoms with van der Waals surface area (Å²) in [5.74, 6) is 4.05. The number of hydrogen-bond donors (Lipinski definition) is 1. The van der Waals surface area contributed by atoms with E-state index in [2.05, 4.69) is 20.1 Å². The lowest BCUT2D eigenvalue weighted by molar-refractivity contribution is 0.305. The van der Waals surface area contributed by atoms with Crippen LogP contribution < -0.4 is 24.4 Å². The summed E-state index contributed by atoms with van der Waals surface area (Å²) in [6.45, 7) is 4.82. The largest absolute Gasteiger partial charge is 0.496 e. The summed E-state index contributed by atoms with van der Waals surface area (Å²) in [6, 6.07) is 6.15. The van der Waals surface area contributed by atoms with E-state index in [1.165, 1.54) is 25.7 Å². The third-order valence-corrected chi connectivity index (χ3v) is 6.38. The van der Waals surface area contributed by atoms with Gasteiger partial charge in [0.2, 0.25) is 5.95 Å². The average Bonchev–Trinajstić information content (AvgIpc) is 3.08. The average molecular weight is 442 g/mol. The van der Waals surface area contributed by atoms with Gasteiger partial charge < -0.3 is 24.4 Å². The summed E-state index contributed by atoms with van der Waals surface area (Å²) >= 11 is 0. The number of rotatable bonds is 8. The van der Waals surface area contributed by atoms with Crippen molar-refractivity contribution in [1.82, 2.24) is 14.9 Å². The van der Waals surface area contributed by atoms with E-state index in [1.807, 2.05) is 24.4 Å². The van der Waals surface area contributed by atoms with Crippen molar-refractivity contribution >= 4 is 11.8 Å². The molecule has 2 fully saturated rings. The fourth-order valence-electron chi connectivity index (χ4n) is 4.63. The first-order chi connectivity index (χ1) is 15.7. The van der Waals surface area contributed by atoms with Crippen LogP contribution in [0.1, 0.15) is 37.7 Å². The normalized spacial score (nSPS) is 19.5. The first kappa shape index (κ1) is 22.5. The van der Waals surface area contributed by atoms with Crippen molar-refractivity contribution < 1.29 is 14.2 Å². The number of nitrogens with zero attached hydrogens (tertiary/aromatic N) is 4. The highest BCUT2D eigenvalue weighted by molar-refractivity contribution is 5.51. The van der Waals surface area contributed by atoms with Gasteiger partial charge in [-0.15, -0.1) is 0 Å². The number of methoxy groups -OCH3 is 3. The van der Waals surface area contributed by atoms with E-state index in [9.17, 15) is 0 Å². The summed E-state index contributed by atoms with van der Waals surface area (Å²) in [5, 5.41) is 3.55. The van der Waals surface area contributed by atoms with Crippen molar-refractivity contribution in [2.75, 3.05) is 57.7 Å². The van der Waals surface area contributed by atoms with Crippen molar-refractivity contribution in [2.24, 2.45) is 0 Å². The molecule has 1 unspecified atom stereocenters. The summed E-state index contributed by atoms with van der Waals surface area (Å²) < 4.78 is 16.6. The van der Waals surface area contributed by atoms with Crippen LogP contribution in [0.2, 0.25) is 0 Å². The minimum Gasteiger partial charge on any atom is -0.496 e. The highest BCUT2D eigenvalue weighted by Crippen LogP contribution is 2.35. The predicted molar refractivity (Wildman–Crippen MR) is 126 cm³/mol. The number of ether oxygens (including phenoxy) is 3. The molecule has 1 atom stereocenters. The number of likely N-dealkylation sites (tertiary alicyclic amines) is 1. The van der Waals surface area contributed by atoms with Crippen LogP contribution in [0.25, 0.3) is 0 Å². The maximum Gasteiger partial charge on any atom is 0.224 e. The van der Waals surface area contributed by atoms with Gasteiger partial charge in [0.25, 0.3) is 0 Å². The molecule has 0 amide bonds. The number of nitrogens with one attached hydrogen (secondary N) is 1. The molecule has 1 aromatic heterocycles. The van der Waals surface area contributed by atoms with Crippen molar-refractivity contribution in [3.8, 4) is 17.2 Å². The van der Waals surface area contributed by atoms with E-state index < -0.39 is 0 Å². The molecule has 2 aliphatic rings. The maximum atomic E-state index is 5.62. The summed E-state index contributed by atoms with van der Waals surface area (Å²) in [6.07, 6.45) is 8.02. The molecule has 0 spiro atoms. The summed E-state index contributed by atoms with van der Waals surface area (Å²) in [7, 11) is 5.01. The van der Waals surface area contributed by atoms with Crippen LogP contribution in [0.3, 0.4) is 0 Å². The molecule has 32 heavy (non-hydrogen) atoms. The predicted octanol–water partition coefficient (Wildman–Crippen LogP) is 3.57. The molecule has 0 bridgehead atoms. The molecule has 174 valence electrons. The Balaban J connectivity index is 1.39. The van der Waals surface area contributed by atoms with Gasteiger partial charge in [-0.1, -0.05) is 12.8 Å². The zero-order valence-corrected chi connectivity index (χ0v) is 19.5. The van der Waals surface area contributed by atoms with Crippen LogP contribution in [0.5, 0.6) is 17.2 Å². The Morgan fingerprint density at radius 1 is 0.969 bits per heavy atom. The molecule has 0 saturated carbocycles. The summed E-state index contributed by atoms with van der Waals surface area (Å²) in [4.78, 5) is 14.1. The highest BCUT2D eigenvalue weighted by atomic mass is 16.5. The molecule has 2 aliphatic heterocycles. The Morgan fingerprint density at radius 2 is 1.69 bits per heavy atom. The van der Waals surface area contributed by atoms with Gasteiger partial charge in [-0.3, -0.25) is 4.90 Å². The second kappa shape index (κ2) is 10.7. The third kappa shape index (κ3) is 5.35. The van der Waals surface area contributed by atoms with Crippen molar-refractivity contribution in [2.45, 2.75) is 44.7 Å². The van der Waals surface area contributed by atoms with Crippen molar-refractivity contribution in [3.63, 3.8) is 0 Å². The monoisotopic (exact) mass is 441 g/mol. The van der Waals surface area contributed by atoms with Gasteiger partial charge in [-0.05, 0) is 25.3 Å². The van der Waals surface area contributed by atoms with Gasteiger partial charge in [-0.2, -0.15) is 4.98 Å². The van der Waals surface area contributed by atoms with Gasteiger partial charge in [0, 0.05) is 57.1 Å². The van der Waals surface area contributed by atoms with E-state index in [0.29, 0.717) is 6.04 Å². The number of hydrogen-bond acceptors (Lipinski definition) is 8. The topological polar surface area (TPSA) is 72.0 Å². The Bertz CT molecular complexity index is 861. The van der Waals surface area contributed by atoms with Crippen LogP contribution in [0.15, 0.2) is 24.4 Å². The van der Waals surface area contributed by atoms with Crippen LogP contribution in [0.4, 0.5) is 11.8 Å². The minimum atomic E-state index is 0.310. The van der Waals surface area contributed by atoms with Gasteiger partial charge in [0.05, 0.1) is 26.9 Å². The molecule has 3 heterocycles. The lowest BCUT2D eigenvalue weighted by Crippen LogP contribution is -2.28. The van der Waals surface area contributed by atoms with E-state index in [-0.39, 0.29) is 0 Å². The first-order valence-corrected chi connectivity index (χ1v) is 11.6. The molecule has 2 aromatic rings. The molecular weight excluding hydrogens is 406 g/mol. The quantitative estimate of drug-likeness (QED) is 0.667. The van der Waals surface area contributed by atoms with Crippen molar-refractivity contribution in [3.05, 3.63) is 30.0 Å². The van der Waals surface area contributed by atoms with E-state index in [1.54, 1.807) is 21.3 Å². The van der Waals surface area contributed by atoms with Crippen LogP contribution in [0, 0.1) is 0 Å². The van der Waals surface area contributed by atoms with Crippen LogP contribution in [-0.2, 0) is 6.54 Å². The Morgan fingerprint density at radius 3 is 2.34 bits per heavy atom. The van der Waals surface area contributed by atoms with Gasteiger partial charge >= 0.3 is 0 Å². The second-order valence-corrected chi connectivity index (χ2v) is 8.52. The number of anilines is 2. The molecular formula is C24H35N5O3.